The average molecular weight is 190 g/mol. The zero-order chi connectivity index (χ0) is 9.93. The number of hydrogen-bond donors (Lipinski definition) is 0. The van der Waals surface area contributed by atoms with Crippen LogP contribution in [0.1, 0.15) is 26.7 Å². The van der Waals surface area contributed by atoms with E-state index in [2.05, 4.69) is 13.5 Å². The number of fused-ring (bicyclic) bond motifs is 3. The Morgan fingerprint density at radius 1 is 1.57 bits per heavy atom. The van der Waals surface area contributed by atoms with E-state index >= 15 is 0 Å². The second-order valence-electron chi connectivity index (χ2n) is 5.73. The SMILES string of the molecule is C=C(C)C(=O)OC12C3C4CCC1(C)C432. The molecular weight excluding hydrogens is 176 g/mol. The van der Waals surface area contributed by atoms with Crippen molar-refractivity contribution in [2.24, 2.45) is 22.7 Å². The number of carbonyl (C=O) groups is 1. The predicted molar refractivity (Wildman–Crippen MR) is 50.4 cm³/mol. The summed E-state index contributed by atoms with van der Waals surface area (Å²) in [5.74, 6) is 1.48. The molecule has 14 heavy (non-hydrogen) atoms. The Balaban J connectivity index is 1.62. The fraction of sp³-hybridized carbons (Fsp3) is 0.750. The standard InChI is InChI=1S/C12H14O2/c1-6(2)9(13)14-12-8-7-4-5-10(12,3)11(7,8)12/h7-8H,1,4-5H2,2-3H3. The van der Waals surface area contributed by atoms with E-state index in [9.17, 15) is 4.79 Å². The van der Waals surface area contributed by atoms with Crippen LogP contribution >= 0.6 is 0 Å². The summed E-state index contributed by atoms with van der Waals surface area (Å²) in [4.78, 5) is 11.5. The van der Waals surface area contributed by atoms with Gasteiger partial charge >= 0.3 is 5.97 Å². The highest BCUT2D eigenvalue weighted by atomic mass is 16.6. The Hall–Kier alpha value is -0.790. The molecule has 0 aromatic carbocycles. The minimum atomic E-state index is -0.180. The van der Waals surface area contributed by atoms with Gasteiger partial charge in [0.2, 0.25) is 0 Å². The van der Waals surface area contributed by atoms with Crippen LogP contribution in [-0.2, 0) is 9.53 Å². The maximum absolute atomic E-state index is 11.5. The van der Waals surface area contributed by atoms with E-state index in [1.54, 1.807) is 6.92 Å². The van der Waals surface area contributed by atoms with Crippen molar-refractivity contribution in [3.8, 4) is 0 Å². The summed E-state index contributed by atoms with van der Waals surface area (Å²) in [6, 6.07) is 0. The van der Waals surface area contributed by atoms with Crippen molar-refractivity contribution in [2.75, 3.05) is 0 Å². The second-order valence-corrected chi connectivity index (χ2v) is 5.73. The quantitative estimate of drug-likeness (QED) is 0.491. The molecule has 5 unspecified atom stereocenters. The number of hydrogen-bond acceptors (Lipinski definition) is 2. The Bertz CT molecular complexity index is 407. The summed E-state index contributed by atoms with van der Waals surface area (Å²) in [5.41, 5.74) is 1.37. The van der Waals surface area contributed by atoms with Crippen molar-refractivity contribution in [1.82, 2.24) is 0 Å². The summed E-state index contributed by atoms with van der Waals surface area (Å²) >= 11 is 0. The molecule has 4 saturated carbocycles. The highest BCUT2D eigenvalue weighted by molar-refractivity contribution is 5.89. The maximum Gasteiger partial charge on any atom is 0.333 e. The van der Waals surface area contributed by atoms with E-state index in [0.29, 0.717) is 16.4 Å². The van der Waals surface area contributed by atoms with Gasteiger partial charge in [-0.1, -0.05) is 13.5 Å². The third-order valence-electron chi connectivity index (χ3n) is 5.57. The zero-order valence-electron chi connectivity index (χ0n) is 8.59. The van der Waals surface area contributed by atoms with Gasteiger partial charge in [0.05, 0.1) is 0 Å². The highest BCUT2D eigenvalue weighted by Crippen LogP contribution is 3.16. The molecule has 0 aliphatic heterocycles. The zero-order valence-corrected chi connectivity index (χ0v) is 8.59. The number of rotatable bonds is 2. The molecule has 0 bridgehead atoms. The first kappa shape index (κ1) is 7.49. The van der Waals surface area contributed by atoms with Gasteiger partial charge in [-0.15, -0.1) is 0 Å². The van der Waals surface area contributed by atoms with Crippen molar-refractivity contribution < 1.29 is 9.53 Å². The predicted octanol–water partition coefficient (Wildman–Crippen LogP) is 1.90. The van der Waals surface area contributed by atoms with E-state index in [1.165, 1.54) is 12.8 Å². The van der Waals surface area contributed by atoms with E-state index in [1.807, 2.05) is 0 Å². The Kier molecular flexibility index (Phi) is 0.792. The molecule has 4 fully saturated rings. The summed E-state index contributed by atoms with van der Waals surface area (Å²) in [5, 5.41) is 0. The molecule has 0 amide bonds. The van der Waals surface area contributed by atoms with Gasteiger partial charge in [0.25, 0.3) is 0 Å². The molecule has 0 radical (unpaired) electrons. The van der Waals surface area contributed by atoms with Crippen LogP contribution < -0.4 is 0 Å². The van der Waals surface area contributed by atoms with E-state index < -0.39 is 0 Å². The molecule has 0 aromatic heterocycles. The lowest BCUT2D eigenvalue weighted by atomic mass is 9.87. The van der Waals surface area contributed by atoms with Gasteiger partial charge in [-0.2, -0.15) is 0 Å². The Labute approximate surface area is 83.3 Å². The third-order valence-corrected chi connectivity index (χ3v) is 5.57. The molecule has 0 heterocycles. The van der Waals surface area contributed by atoms with Gasteiger partial charge in [0.15, 0.2) is 0 Å². The van der Waals surface area contributed by atoms with Gasteiger partial charge in [0, 0.05) is 22.3 Å². The van der Waals surface area contributed by atoms with Crippen LogP contribution in [0.5, 0.6) is 0 Å². The van der Waals surface area contributed by atoms with E-state index in [-0.39, 0.29) is 11.6 Å². The first-order valence-electron chi connectivity index (χ1n) is 5.43. The minimum Gasteiger partial charge on any atom is -0.454 e. The van der Waals surface area contributed by atoms with Crippen molar-refractivity contribution in [1.29, 1.82) is 0 Å². The van der Waals surface area contributed by atoms with Crippen LogP contribution in [0.2, 0.25) is 0 Å². The summed E-state index contributed by atoms with van der Waals surface area (Å²) in [6.07, 6.45) is 2.63. The summed E-state index contributed by atoms with van der Waals surface area (Å²) < 4.78 is 5.64. The summed E-state index contributed by atoms with van der Waals surface area (Å²) in [6.45, 7) is 7.65. The fourth-order valence-electron chi connectivity index (χ4n) is 5.00. The maximum atomic E-state index is 11.5. The number of esters is 1. The van der Waals surface area contributed by atoms with Crippen LogP contribution in [0, 0.1) is 22.7 Å². The van der Waals surface area contributed by atoms with Gasteiger partial charge in [-0.25, -0.2) is 4.79 Å². The molecule has 0 saturated heterocycles. The largest absolute Gasteiger partial charge is 0.454 e. The van der Waals surface area contributed by atoms with E-state index in [4.69, 9.17) is 4.74 Å². The smallest absolute Gasteiger partial charge is 0.333 e. The van der Waals surface area contributed by atoms with Gasteiger partial charge < -0.3 is 4.74 Å². The molecule has 4 aliphatic rings. The molecule has 5 atom stereocenters. The Morgan fingerprint density at radius 3 is 2.71 bits per heavy atom. The molecular formula is C12H14O2. The van der Waals surface area contributed by atoms with Gasteiger partial charge in [-0.05, 0) is 25.7 Å². The minimum absolute atomic E-state index is 0.00104. The molecule has 1 spiro atoms. The lowest BCUT2D eigenvalue weighted by molar-refractivity contribution is -0.149. The fourth-order valence-corrected chi connectivity index (χ4v) is 5.00. The van der Waals surface area contributed by atoms with Gasteiger partial charge in [0.1, 0.15) is 5.60 Å². The van der Waals surface area contributed by atoms with Crippen molar-refractivity contribution in [3.05, 3.63) is 12.2 Å². The molecule has 74 valence electrons. The third kappa shape index (κ3) is 0.357. The van der Waals surface area contributed by atoms with Gasteiger partial charge in [-0.3, -0.25) is 0 Å². The topological polar surface area (TPSA) is 26.3 Å². The molecule has 2 nitrogen and oxygen atoms in total. The van der Waals surface area contributed by atoms with Crippen LogP contribution in [0.15, 0.2) is 12.2 Å². The normalized spacial score (nSPS) is 63.9. The van der Waals surface area contributed by atoms with Crippen molar-refractivity contribution in [3.63, 3.8) is 0 Å². The molecule has 2 heteroatoms. The first-order valence-corrected chi connectivity index (χ1v) is 5.43. The van der Waals surface area contributed by atoms with Crippen LogP contribution in [0.3, 0.4) is 0 Å². The molecule has 4 rings (SSSR count). The van der Waals surface area contributed by atoms with E-state index in [0.717, 1.165) is 11.8 Å². The number of carbonyl (C=O) groups excluding carboxylic acids is 1. The van der Waals surface area contributed by atoms with Crippen LogP contribution in [0.4, 0.5) is 0 Å². The lowest BCUT2D eigenvalue weighted by Crippen LogP contribution is -2.30. The Morgan fingerprint density at radius 2 is 2.29 bits per heavy atom. The molecule has 4 aliphatic carbocycles. The number of ether oxygens (including phenoxy) is 1. The lowest BCUT2D eigenvalue weighted by Gasteiger charge is -2.26. The highest BCUT2D eigenvalue weighted by Gasteiger charge is 3.22. The molecule has 0 N–H and O–H groups in total. The summed E-state index contributed by atoms with van der Waals surface area (Å²) in [7, 11) is 0. The van der Waals surface area contributed by atoms with Crippen molar-refractivity contribution >= 4 is 5.97 Å². The average Bonchev–Trinajstić information content (AvgIpc) is 2.99. The van der Waals surface area contributed by atoms with Crippen LogP contribution in [0.25, 0.3) is 0 Å². The van der Waals surface area contributed by atoms with Crippen molar-refractivity contribution in [2.45, 2.75) is 32.3 Å². The monoisotopic (exact) mass is 190 g/mol. The van der Waals surface area contributed by atoms with Crippen LogP contribution in [-0.4, -0.2) is 11.6 Å². The first-order chi connectivity index (χ1) is 6.54. The second kappa shape index (κ2) is 1.48. The molecule has 0 aromatic rings.